The highest BCUT2D eigenvalue weighted by Gasteiger charge is 2.06. The molecule has 1 N–H and O–H groups in total. The average molecular weight is 255 g/mol. The Morgan fingerprint density at radius 2 is 1.95 bits per heavy atom. The van der Waals surface area contributed by atoms with Gasteiger partial charge in [0.25, 0.3) is 0 Å². The van der Waals surface area contributed by atoms with E-state index in [1.807, 2.05) is 19.2 Å². The predicted molar refractivity (Wildman–Crippen MR) is 81.7 cm³/mol. The van der Waals surface area contributed by atoms with Gasteiger partial charge in [0.05, 0.1) is 12.2 Å². The SMILES string of the molecule is CCN(Cc1cccc(NC)n1)c1cccc(C)c1. The summed E-state index contributed by atoms with van der Waals surface area (Å²) in [6.45, 7) is 6.09. The summed E-state index contributed by atoms with van der Waals surface area (Å²) >= 11 is 0. The van der Waals surface area contributed by atoms with Crippen LogP contribution in [0.5, 0.6) is 0 Å². The normalized spacial score (nSPS) is 10.3. The van der Waals surface area contributed by atoms with Gasteiger partial charge in [-0.15, -0.1) is 0 Å². The van der Waals surface area contributed by atoms with Gasteiger partial charge in [-0.25, -0.2) is 4.98 Å². The largest absolute Gasteiger partial charge is 0.373 e. The van der Waals surface area contributed by atoms with Gasteiger partial charge in [0, 0.05) is 19.3 Å². The van der Waals surface area contributed by atoms with Crippen molar-refractivity contribution in [3.63, 3.8) is 0 Å². The number of pyridine rings is 1. The highest BCUT2D eigenvalue weighted by molar-refractivity contribution is 5.48. The van der Waals surface area contributed by atoms with Crippen molar-refractivity contribution < 1.29 is 0 Å². The molecular weight excluding hydrogens is 234 g/mol. The summed E-state index contributed by atoms with van der Waals surface area (Å²) in [5.41, 5.74) is 3.61. The molecule has 3 heteroatoms. The molecule has 0 radical (unpaired) electrons. The Morgan fingerprint density at radius 3 is 2.63 bits per heavy atom. The maximum Gasteiger partial charge on any atom is 0.126 e. The van der Waals surface area contributed by atoms with Crippen LogP contribution in [0, 0.1) is 6.92 Å². The Kier molecular flexibility index (Phi) is 4.39. The molecule has 1 heterocycles. The molecule has 0 amide bonds. The third-order valence-electron chi connectivity index (χ3n) is 3.16. The smallest absolute Gasteiger partial charge is 0.126 e. The van der Waals surface area contributed by atoms with E-state index in [1.54, 1.807) is 0 Å². The van der Waals surface area contributed by atoms with Crippen LogP contribution in [0.2, 0.25) is 0 Å². The monoisotopic (exact) mass is 255 g/mol. The lowest BCUT2D eigenvalue weighted by molar-refractivity contribution is 0.810. The number of aryl methyl sites for hydroxylation is 1. The van der Waals surface area contributed by atoms with Crippen molar-refractivity contribution in [2.45, 2.75) is 20.4 Å². The maximum atomic E-state index is 4.57. The van der Waals surface area contributed by atoms with E-state index in [4.69, 9.17) is 0 Å². The molecule has 0 aliphatic heterocycles. The number of hydrogen-bond donors (Lipinski definition) is 1. The zero-order valence-corrected chi connectivity index (χ0v) is 11.9. The molecule has 0 fully saturated rings. The van der Waals surface area contributed by atoms with E-state index in [2.05, 4.69) is 59.4 Å². The summed E-state index contributed by atoms with van der Waals surface area (Å²) in [6, 6.07) is 14.7. The highest BCUT2D eigenvalue weighted by Crippen LogP contribution is 2.18. The van der Waals surface area contributed by atoms with Crippen molar-refractivity contribution in [1.29, 1.82) is 0 Å². The lowest BCUT2D eigenvalue weighted by atomic mass is 10.2. The van der Waals surface area contributed by atoms with Crippen LogP contribution in [0.3, 0.4) is 0 Å². The lowest BCUT2D eigenvalue weighted by Crippen LogP contribution is -2.22. The van der Waals surface area contributed by atoms with Crippen LogP contribution in [0.1, 0.15) is 18.2 Å². The summed E-state index contributed by atoms with van der Waals surface area (Å²) in [5.74, 6) is 0.915. The summed E-state index contributed by atoms with van der Waals surface area (Å²) in [6.07, 6.45) is 0. The van der Waals surface area contributed by atoms with Gasteiger partial charge in [-0.1, -0.05) is 18.2 Å². The van der Waals surface area contributed by atoms with Crippen LogP contribution in [0.4, 0.5) is 11.5 Å². The van der Waals surface area contributed by atoms with Gasteiger partial charge in [0.15, 0.2) is 0 Å². The number of anilines is 2. The molecular formula is C16H21N3. The van der Waals surface area contributed by atoms with E-state index >= 15 is 0 Å². The standard InChI is InChI=1S/C16H21N3/c1-4-19(15-9-5-7-13(2)11-15)12-14-8-6-10-16(17-3)18-14/h5-11H,4,12H2,1-3H3,(H,17,18). The fraction of sp³-hybridized carbons (Fsp3) is 0.312. The maximum absolute atomic E-state index is 4.57. The zero-order chi connectivity index (χ0) is 13.7. The van der Waals surface area contributed by atoms with Gasteiger partial charge in [0.2, 0.25) is 0 Å². The zero-order valence-electron chi connectivity index (χ0n) is 11.9. The molecule has 0 bridgehead atoms. The first-order chi connectivity index (χ1) is 9.22. The number of nitrogens with zero attached hydrogens (tertiary/aromatic N) is 2. The molecule has 1 aromatic carbocycles. The van der Waals surface area contributed by atoms with Crippen molar-refractivity contribution in [3.8, 4) is 0 Å². The van der Waals surface area contributed by atoms with Crippen LogP contribution in [0.25, 0.3) is 0 Å². The average Bonchev–Trinajstić information content (AvgIpc) is 2.45. The second-order valence-corrected chi connectivity index (χ2v) is 4.62. The minimum atomic E-state index is 0.829. The van der Waals surface area contributed by atoms with Crippen LogP contribution < -0.4 is 10.2 Å². The Hall–Kier alpha value is -2.03. The van der Waals surface area contributed by atoms with Crippen LogP contribution in [-0.2, 0) is 6.54 Å². The lowest BCUT2D eigenvalue weighted by Gasteiger charge is -2.23. The minimum absolute atomic E-state index is 0.829. The minimum Gasteiger partial charge on any atom is -0.373 e. The number of aromatic nitrogens is 1. The molecule has 0 aliphatic carbocycles. The molecule has 2 rings (SSSR count). The van der Waals surface area contributed by atoms with E-state index < -0.39 is 0 Å². The molecule has 0 saturated heterocycles. The van der Waals surface area contributed by atoms with Crippen LogP contribution in [0.15, 0.2) is 42.5 Å². The van der Waals surface area contributed by atoms with E-state index in [9.17, 15) is 0 Å². The van der Waals surface area contributed by atoms with E-state index in [0.717, 1.165) is 24.6 Å². The van der Waals surface area contributed by atoms with E-state index in [-0.39, 0.29) is 0 Å². The molecule has 100 valence electrons. The number of benzene rings is 1. The fourth-order valence-corrected chi connectivity index (χ4v) is 2.11. The molecule has 0 unspecified atom stereocenters. The van der Waals surface area contributed by atoms with Gasteiger partial charge in [-0.2, -0.15) is 0 Å². The van der Waals surface area contributed by atoms with Gasteiger partial charge in [0.1, 0.15) is 5.82 Å². The van der Waals surface area contributed by atoms with Crippen molar-refractivity contribution in [1.82, 2.24) is 4.98 Å². The van der Waals surface area contributed by atoms with Gasteiger partial charge in [-0.3, -0.25) is 0 Å². The Bertz CT molecular complexity index is 537. The highest BCUT2D eigenvalue weighted by atomic mass is 15.1. The number of rotatable bonds is 5. The second kappa shape index (κ2) is 6.23. The summed E-state index contributed by atoms with van der Waals surface area (Å²) in [7, 11) is 1.89. The number of nitrogens with one attached hydrogen (secondary N) is 1. The van der Waals surface area contributed by atoms with Crippen LogP contribution >= 0.6 is 0 Å². The summed E-state index contributed by atoms with van der Waals surface area (Å²) in [4.78, 5) is 6.90. The van der Waals surface area contributed by atoms with Crippen molar-refractivity contribution >= 4 is 11.5 Å². The molecule has 0 saturated carbocycles. The fourth-order valence-electron chi connectivity index (χ4n) is 2.11. The van der Waals surface area contributed by atoms with E-state index in [1.165, 1.54) is 11.3 Å². The van der Waals surface area contributed by atoms with Crippen molar-refractivity contribution in [2.75, 3.05) is 23.8 Å². The third kappa shape index (κ3) is 3.47. The van der Waals surface area contributed by atoms with Gasteiger partial charge >= 0.3 is 0 Å². The second-order valence-electron chi connectivity index (χ2n) is 4.62. The predicted octanol–water partition coefficient (Wildman–Crippen LogP) is 3.46. The summed E-state index contributed by atoms with van der Waals surface area (Å²) in [5, 5.41) is 3.08. The van der Waals surface area contributed by atoms with Crippen molar-refractivity contribution in [3.05, 3.63) is 53.7 Å². The van der Waals surface area contributed by atoms with Gasteiger partial charge in [-0.05, 0) is 43.7 Å². The Balaban J connectivity index is 2.18. The first-order valence-corrected chi connectivity index (χ1v) is 6.68. The van der Waals surface area contributed by atoms with Crippen LogP contribution in [-0.4, -0.2) is 18.6 Å². The van der Waals surface area contributed by atoms with Crippen molar-refractivity contribution in [2.24, 2.45) is 0 Å². The van der Waals surface area contributed by atoms with E-state index in [0.29, 0.717) is 0 Å². The topological polar surface area (TPSA) is 28.2 Å². The molecule has 0 atom stereocenters. The first kappa shape index (κ1) is 13.4. The molecule has 19 heavy (non-hydrogen) atoms. The van der Waals surface area contributed by atoms with Gasteiger partial charge < -0.3 is 10.2 Å². The number of hydrogen-bond acceptors (Lipinski definition) is 3. The Morgan fingerprint density at radius 1 is 1.16 bits per heavy atom. The Labute approximate surface area is 115 Å². The third-order valence-corrected chi connectivity index (χ3v) is 3.16. The molecule has 1 aromatic heterocycles. The molecule has 0 aliphatic rings. The molecule has 0 spiro atoms. The molecule has 2 aromatic rings. The summed E-state index contributed by atoms with van der Waals surface area (Å²) < 4.78 is 0. The quantitative estimate of drug-likeness (QED) is 0.887. The first-order valence-electron chi connectivity index (χ1n) is 6.68. The molecule has 3 nitrogen and oxygen atoms in total.